The van der Waals surface area contributed by atoms with Crippen molar-refractivity contribution in [1.29, 1.82) is 0 Å². The first-order valence-corrected chi connectivity index (χ1v) is 6.18. The second-order valence-corrected chi connectivity index (χ2v) is 4.58. The van der Waals surface area contributed by atoms with E-state index >= 15 is 0 Å². The van der Waals surface area contributed by atoms with Gasteiger partial charge in [0.2, 0.25) is 0 Å². The Labute approximate surface area is 115 Å². The molecule has 2 rings (SSSR count). The third-order valence-corrected chi connectivity index (χ3v) is 3.04. The van der Waals surface area contributed by atoms with Crippen LogP contribution in [-0.2, 0) is 4.79 Å². The van der Waals surface area contributed by atoms with Crippen LogP contribution in [-0.4, -0.2) is 41.0 Å². The van der Waals surface area contributed by atoms with Gasteiger partial charge < -0.3 is 25.6 Å². The molecule has 3 unspecified atom stereocenters. The predicted molar refractivity (Wildman–Crippen MR) is 69.5 cm³/mol. The van der Waals surface area contributed by atoms with Crippen molar-refractivity contribution >= 4 is 12.0 Å². The summed E-state index contributed by atoms with van der Waals surface area (Å²) < 4.78 is 5.40. The van der Waals surface area contributed by atoms with Crippen molar-refractivity contribution in [2.45, 2.75) is 25.1 Å². The summed E-state index contributed by atoms with van der Waals surface area (Å²) in [6.07, 6.45) is -1.19. The molecule has 0 bridgehead atoms. The lowest BCUT2D eigenvalue weighted by molar-refractivity contribution is -0.141. The number of benzene rings is 1. The summed E-state index contributed by atoms with van der Waals surface area (Å²) in [5.74, 6) is -0.596. The summed E-state index contributed by atoms with van der Waals surface area (Å²) in [6.45, 7) is 1.59. The molecule has 7 heteroatoms. The highest BCUT2D eigenvalue weighted by Gasteiger charge is 2.28. The number of hydrogen-bond donors (Lipinski definition) is 4. The summed E-state index contributed by atoms with van der Waals surface area (Å²) >= 11 is 0. The van der Waals surface area contributed by atoms with E-state index in [1.165, 1.54) is 6.92 Å². The summed E-state index contributed by atoms with van der Waals surface area (Å²) in [7, 11) is 0. The molecule has 1 aromatic carbocycles. The molecule has 0 aromatic heterocycles. The van der Waals surface area contributed by atoms with E-state index in [0.717, 1.165) is 5.56 Å². The van der Waals surface area contributed by atoms with E-state index in [0.29, 0.717) is 12.4 Å². The van der Waals surface area contributed by atoms with Crippen LogP contribution < -0.4 is 15.4 Å². The Morgan fingerprint density at radius 1 is 1.40 bits per heavy atom. The third-order valence-electron chi connectivity index (χ3n) is 3.04. The Morgan fingerprint density at radius 2 is 2.10 bits per heavy atom. The van der Waals surface area contributed by atoms with Gasteiger partial charge in [-0.25, -0.2) is 9.59 Å². The van der Waals surface area contributed by atoms with Crippen LogP contribution in [0.1, 0.15) is 18.5 Å². The van der Waals surface area contributed by atoms with E-state index < -0.39 is 24.1 Å². The summed E-state index contributed by atoms with van der Waals surface area (Å²) in [5, 5.41) is 23.0. The number of aliphatic carboxylic acids is 1. The normalized spacial score (nSPS) is 19.4. The zero-order chi connectivity index (χ0) is 14.7. The molecule has 1 aliphatic rings. The largest absolute Gasteiger partial charge is 0.491 e. The molecule has 0 spiro atoms. The zero-order valence-corrected chi connectivity index (χ0v) is 10.9. The monoisotopic (exact) mass is 280 g/mol. The molecule has 108 valence electrons. The smallest absolute Gasteiger partial charge is 0.328 e. The van der Waals surface area contributed by atoms with Gasteiger partial charge in [0, 0.05) is 5.56 Å². The number of carbonyl (C=O) groups is 2. The number of aliphatic hydroxyl groups excluding tert-OH is 1. The first kappa shape index (κ1) is 14.1. The van der Waals surface area contributed by atoms with Crippen molar-refractivity contribution in [1.82, 2.24) is 10.6 Å². The van der Waals surface area contributed by atoms with Crippen molar-refractivity contribution in [2.75, 3.05) is 6.61 Å². The number of urea groups is 1. The van der Waals surface area contributed by atoms with Crippen LogP contribution in [0.25, 0.3) is 0 Å². The van der Waals surface area contributed by atoms with Crippen molar-refractivity contribution in [2.24, 2.45) is 0 Å². The average Bonchev–Trinajstić information content (AvgIpc) is 2.79. The fourth-order valence-electron chi connectivity index (χ4n) is 2.01. The summed E-state index contributed by atoms with van der Waals surface area (Å²) in [6, 6.07) is 4.93. The lowest BCUT2D eigenvalue weighted by Crippen LogP contribution is -2.51. The van der Waals surface area contributed by atoms with E-state index in [1.807, 2.05) is 18.2 Å². The van der Waals surface area contributed by atoms with E-state index in [4.69, 9.17) is 9.84 Å². The Hall–Kier alpha value is -2.28. The fourth-order valence-corrected chi connectivity index (χ4v) is 2.01. The average molecular weight is 280 g/mol. The molecular weight excluding hydrogens is 264 g/mol. The topological polar surface area (TPSA) is 108 Å². The van der Waals surface area contributed by atoms with E-state index in [-0.39, 0.29) is 6.04 Å². The SMILES string of the molecule is CC(O)C(NC(=O)NC1COc2ccccc21)C(=O)O. The quantitative estimate of drug-likeness (QED) is 0.632. The standard InChI is InChI=1S/C13H16N2O5/c1-7(16)11(12(17)18)15-13(19)14-9-6-20-10-5-3-2-4-8(9)10/h2-5,7,9,11,16H,6H2,1H3,(H,17,18)(H2,14,15,19). The van der Waals surface area contributed by atoms with Gasteiger partial charge in [0.15, 0.2) is 6.04 Å². The van der Waals surface area contributed by atoms with Gasteiger partial charge in [-0.2, -0.15) is 0 Å². The van der Waals surface area contributed by atoms with Crippen LogP contribution in [0, 0.1) is 0 Å². The van der Waals surface area contributed by atoms with E-state index in [9.17, 15) is 14.7 Å². The molecule has 3 atom stereocenters. The number of para-hydroxylation sites is 1. The molecule has 20 heavy (non-hydrogen) atoms. The van der Waals surface area contributed by atoms with Gasteiger partial charge in [0.1, 0.15) is 12.4 Å². The number of hydrogen-bond acceptors (Lipinski definition) is 4. The predicted octanol–water partition coefficient (Wildman–Crippen LogP) is 0.253. The van der Waals surface area contributed by atoms with Crippen molar-refractivity contribution in [3.05, 3.63) is 29.8 Å². The number of carbonyl (C=O) groups excluding carboxylic acids is 1. The molecule has 0 aliphatic carbocycles. The molecule has 1 heterocycles. The number of carboxylic acid groups (broad SMARTS) is 1. The van der Waals surface area contributed by atoms with Crippen LogP contribution in [0.2, 0.25) is 0 Å². The molecule has 2 amide bonds. The van der Waals surface area contributed by atoms with Gasteiger partial charge in [-0.15, -0.1) is 0 Å². The van der Waals surface area contributed by atoms with Crippen LogP contribution in [0.15, 0.2) is 24.3 Å². The molecule has 0 fully saturated rings. The van der Waals surface area contributed by atoms with Crippen LogP contribution in [0.3, 0.4) is 0 Å². The maximum Gasteiger partial charge on any atom is 0.328 e. The maximum atomic E-state index is 11.8. The maximum absolute atomic E-state index is 11.8. The van der Waals surface area contributed by atoms with E-state index in [2.05, 4.69) is 10.6 Å². The fraction of sp³-hybridized carbons (Fsp3) is 0.385. The molecule has 7 nitrogen and oxygen atoms in total. The first-order chi connectivity index (χ1) is 9.49. The number of rotatable bonds is 4. The molecule has 1 aliphatic heterocycles. The van der Waals surface area contributed by atoms with Gasteiger partial charge >= 0.3 is 12.0 Å². The van der Waals surface area contributed by atoms with Crippen LogP contribution in [0.5, 0.6) is 5.75 Å². The number of carboxylic acids is 1. The van der Waals surface area contributed by atoms with Crippen molar-refractivity contribution in [3.63, 3.8) is 0 Å². The van der Waals surface area contributed by atoms with Gasteiger partial charge in [0.05, 0.1) is 12.1 Å². The number of amides is 2. The highest BCUT2D eigenvalue weighted by molar-refractivity contribution is 5.83. The lowest BCUT2D eigenvalue weighted by Gasteiger charge is -2.19. The van der Waals surface area contributed by atoms with Crippen molar-refractivity contribution < 1.29 is 24.5 Å². The molecule has 1 aromatic rings. The van der Waals surface area contributed by atoms with Gasteiger partial charge in [0.25, 0.3) is 0 Å². The Morgan fingerprint density at radius 3 is 2.75 bits per heavy atom. The second-order valence-electron chi connectivity index (χ2n) is 4.58. The Bertz CT molecular complexity index is 517. The molecular formula is C13H16N2O5. The van der Waals surface area contributed by atoms with Crippen molar-refractivity contribution in [3.8, 4) is 5.75 Å². The number of ether oxygens (including phenoxy) is 1. The number of aliphatic hydroxyl groups is 1. The Kier molecular flexibility index (Phi) is 4.09. The van der Waals surface area contributed by atoms with Gasteiger partial charge in [-0.3, -0.25) is 0 Å². The zero-order valence-electron chi connectivity index (χ0n) is 10.9. The highest BCUT2D eigenvalue weighted by atomic mass is 16.5. The Balaban J connectivity index is 1.98. The first-order valence-electron chi connectivity index (χ1n) is 6.18. The number of fused-ring (bicyclic) bond motifs is 1. The summed E-state index contributed by atoms with van der Waals surface area (Å²) in [5.41, 5.74) is 0.839. The van der Waals surface area contributed by atoms with Gasteiger partial charge in [-0.05, 0) is 13.0 Å². The van der Waals surface area contributed by atoms with Crippen LogP contribution >= 0.6 is 0 Å². The third kappa shape index (κ3) is 3.00. The molecule has 0 saturated heterocycles. The summed E-state index contributed by atoms with van der Waals surface area (Å²) in [4.78, 5) is 22.7. The minimum Gasteiger partial charge on any atom is -0.491 e. The molecule has 0 radical (unpaired) electrons. The lowest BCUT2D eigenvalue weighted by atomic mass is 10.1. The second kappa shape index (κ2) is 5.79. The number of nitrogens with one attached hydrogen (secondary N) is 2. The van der Waals surface area contributed by atoms with E-state index in [1.54, 1.807) is 6.07 Å². The molecule has 4 N–H and O–H groups in total. The minimum absolute atomic E-state index is 0.291. The van der Waals surface area contributed by atoms with Gasteiger partial charge in [-0.1, -0.05) is 18.2 Å². The highest BCUT2D eigenvalue weighted by Crippen LogP contribution is 2.31. The van der Waals surface area contributed by atoms with Crippen LogP contribution in [0.4, 0.5) is 4.79 Å². The minimum atomic E-state index is -1.35. The molecule has 0 saturated carbocycles.